The summed E-state index contributed by atoms with van der Waals surface area (Å²) in [5.74, 6) is -23.0. The van der Waals surface area contributed by atoms with Gasteiger partial charge in [0.15, 0.2) is 23.3 Å². The monoisotopic (exact) mass is 704 g/mol. The number of hydrogen-bond donors (Lipinski definition) is 0. The lowest BCUT2D eigenvalue weighted by Crippen LogP contribution is -2.51. The first-order valence-corrected chi connectivity index (χ1v) is 10.7. The van der Waals surface area contributed by atoms with Gasteiger partial charge in [0.25, 0.3) is 23.7 Å². The molecule has 25 heteroatoms. The standard InChI is InChI=1S/C20H8F20N2O3/c21-7-5(15(27,17(29,30)31)18(32,33)34)9(23)13(41-11(7)25)44-3-1-43-2-4-45-14-10(24)6(8(22)12(26)42-14)16(28,19(35,36)37)20(38,39)40/h1-4H2. The van der Waals surface area contributed by atoms with Crippen molar-refractivity contribution in [3.8, 4) is 11.8 Å². The molecule has 0 saturated carbocycles. The molecule has 2 heterocycles. The summed E-state index contributed by atoms with van der Waals surface area (Å²) in [5.41, 5.74) is -20.7. The highest BCUT2D eigenvalue weighted by molar-refractivity contribution is 5.35. The Morgan fingerprint density at radius 3 is 0.911 bits per heavy atom. The number of halogens is 20. The van der Waals surface area contributed by atoms with Crippen LogP contribution in [0.5, 0.6) is 11.8 Å². The molecule has 0 spiro atoms. The first kappa shape index (κ1) is 37.6. The van der Waals surface area contributed by atoms with Gasteiger partial charge in [-0.3, -0.25) is 0 Å². The van der Waals surface area contributed by atoms with Crippen LogP contribution < -0.4 is 9.47 Å². The van der Waals surface area contributed by atoms with E-state index in [9.17, 15) is 87.8 Å². The van der Waals surface area contributed by atoms with Crippen molar-refractivity contribution < 1.29 is 102 Å². The fraction of sp³-hybridized carbons (Fsp3) is 0.500. The number of rotatable bonds is 10. The minimum Gasteiger partial charge on any atom is -0.473 e. The first-order valence-electron chi connectivity index (χ1n) is 10.7. The van der Waals surface area contributed by atoms with E-state index in [1.807, 2.05) is 0 Å². The van der Waals surface area contributed by atoms with Crippen LogP contribution in [0.15, 0.2) is 0 Å². The highest BCUT2D eigenvalue weighted by Gasteiger charge is 2.77. The molecule has 0 radical (unpaired) electrons. The summed E-state index contributed by atoms with van der Waals surface area (Å²) in [6.07, 6.45) is -28.4. The predicted molar refractivity (Wildman–Crippen MR) is 99.8 cm³/mol. The van der Waals surface area contributed by atoms with E-state index in [0.29, 0.717) is 0 Å². The molecule has 0 saturated heterocycles. The third kappa shape index (κ3) is 6.71. The van der Waals surface area contributed by atoms with Gasteiger partial charge in [0.1, 0.15) is 13.2 Å². The van der Waals surface area contributed by atoms with E-state index in [1.54, 1.807) is 0 Å². The molecule has 2 aromatic rings. The van der Waals surface area contributed by atoms with Crippen LogP contribution in [0.1, 0.15) is 11.1 Å². The molecule has 0 aromatic carbocycles. The van der Waals surface area contributed by atoms with E-state index in [0.717, 1.165) is 0 Å². The summed E-state index contributed by atoms with van der Waals surface area (Å²) in [6.45, 7) is -4.63. The Bertz CT molecular complexity index is 1250. The maximum atomic E-state index is 14.3. The van der Waals surface area contributed by atoms with E-state index >= 15 is 0 Å². The normalized spacial score (nSPS) is 13.8. The van der Waals surface area contributed by atoms with Crippen LogP contribution in [0.4, 0.5) is 87.8 Å². The van der Waals surface area contributed by atoms with Gasteiger partial charge in [-0.1, -0.05) is 0 Å². The summed E-state index contributed by atoms with van der Waals surface area (Å²) < 4.78 is 279. The van der Waals surface area contributed by atoms with E-state index in [1.165, 1.54) is 0 Å². The molecule has 45 heavy (non-hydrogen) atoms. The second-order valence-corrected chi connectivity index (χ2v) is 8.04. The molecule has 0 aliphatic heterocycles. The zero-order chi connectivity index (χ0) is 35.1. The van der Waals surface area contributed by atoms with Crippen molar-refractivity contribution in [2.75, 3.05) is 26.4 Å². The summed E-state index contributed by atoms with van der Waals surface area (Å²) in [4.78, 5) is 4.49. The Balaban J connectivity index is 2.17. The zero-order valence-corrected chi connectivity index (χ0v) is 20.5. The van der Waals surface area contributed by atoms with Crippen LogP contribution in [-0.2, 0) is 16.1 Å². The quantitative estimate of drug-likeness (QED) is 0.147. The minimum atomic E-state index is -7.10. The smallest absolute Gasteiger partial charge is 0.436 e. The molecular weight excluding hydrogens is 696 g/mol. The van der Waals surface area contributed by atoms with Gasteiger partial charge in [0, 0.05) is 0 Å². The molecule has 0 bridgehead atoms. The molecule has 0 aliphatic rings. The van der Waals surface area contributed by atoms with Gasteiger partial charge in [-0.25, -0.2) is 26.3 Å². The Morgan fingerprint density at radius 1 is 0.400 bits per heavy atom. The summed E-state index contributed by atoms with van der Waals surface area (Å²) in [5, 5.41) is 0. The van der Waals surface area contributed by atoms with Crippen LogP contribution in [0, 0.1) is 35.2 Å². The van der Waals surface area contributed by atoms with Crippen molar-refractivity contribution in [2.24, 2.45) is 0 Å². The number of hydrogen-bond acceptors (Lipinski definition) is 5. The molecule has 5 nitrogen and oxygen atoms in total. The van der Waals surface area contributed by atoms with Gasteiger partial charge in [0.05, 0.1) is 24.3 Å². The molecule has 0 aliphatic carbocycles. The van der Waals surface area contributed by atoms with Crippen LogP contribution in [0.2, 0.25) is 0 Å². The third-order valence-corrected chi connectivity index (χ3v) is 5.20. The molecule has 0 N–H and O–H groups in total. The molecule has 0 fully saturated rings. The summed E-state index contributed by atoms with van der Waals surface area (Å²) in [7, 11) is 0. The Morgan fingerprint density at radius 2 is 0.667 bits per heavy atom. The first-order chi connectivity index (χ1) is 20.2. The summed E-state index contributed by atoms with van der Waals surface area (Å²) in [6, 6.07) is 0. The molecule has 2 aromatic heterocycles. The average molecular weight is 704 g/mol. The number of ether oxygens (including phenoxy) is 3. The van der Waals surface area contributed by atoms with Gasteiger partial charge in [-0.15, -0.1) is 0 Å². The number of alkyl halides is 14. The fourth-order valence-corrected chi connectivity index (χ4v) is 3.17. The predicted octanol–water partition coefficient (Wildman–Crippen LogP) is 7.36. The fourth-order valence-electron chi connectivity index (χ4n) is 3.17. The molecule has 2 rings (SSSR count). The molecule has 0 atom stereocenters. The van der Waals surface area contributed by atoms with Gasteiger partial charge >= 0.3 is 36.0 Å². The lowest BCUT2D eigenvalue weighted by atomic mass is 9.94. The van der Waals surface area contributed by atoms with Crippen molar-refractivity contribution in [3.63, 3.8) is 0 Å². The highest BCUT2D eigenvalue weighted by atomic mass is 19.4. The summed E-state index contributed by atoms with van der Waals surface area (Å²) >= 11 is 0. The second kappa shape index (κ2) is 12.3. The third-order valence-electron chi connectivity index (χ3n) is 5.20. The van der Waals surface area contributed by atoms with E-state index in [-0.39, 0.29) is 0 Å². The van der Waals surface area contributed by atoms with Gasteiger partial charge in [-0.2, -0.15) is 71.4 Å². The number of nitrogens with zero attached hydrogens (tertiary/aromatic N) is 2. The lowest BCUT2D eigenvalue weighted by Gasteiger charge is -2.30. The van der Waals surface area contributed by atoms with Crippen LogP contribution in [-0.4, -0.2) is 61.1 Å². The van der Waals surface area contributed by atoms with Gasteiger partial charge in [-0.05, 0) is 0 Å². The highest BCUT2D eigenvalue weighted by Crippen LogP contribution is 2.56. The van der Waals surface area contributed by atoms with Gasteiger partial charge in [0.2, 0.25) is 0 Å². The van der Waals surface area contributed by atoms with Crippen LogP contribution in [0.25, 0.3) is 0 Å². The van der Waals surface area contributed by atoms with Crippen molar-refractivity contribution in [1.29, 1.82) is 0 Å². The van der Waals surface area contributed by atoms with E-state index in [2.05, 4.69) is 24.2 Å². The maximum absolute atomic E-state index is 14.3. The average Bonchev–Trinajstić information content (AvgIpc) is 2.86. The number of pyridine rings is 2. The Labute approximate surface area is 233 Å². The lowest BCUT2D eigenvalue weighted by molar-refractivity contribution is -0.351. The van der Waals surface area contributed by atoms with E-state index in [4.69, 9.17) is 0 Å². The second-order valence-electron chi connectivity index (χ2n) is 8.04. The van der Waals surface area contributed by atoms with E-state index < -0.39 is 121 Å². The topological polar surface area (TPSA) is 53.5 Å². The van der Waals surface area contributed by atoms with Crippen molar-refractivity contribution >= 4 is 0 Å². The van der Waals surface area contributed by atoms with Crippen LogP contribution in [0.3, 0.4) is 0 Å². The van der Waals surface area contributed by atoms with Crippen LogP contribution >= 0.6 is 0 Å². The Kier molecular flexibility index (Phi) is 10.3. The molecular formula is C20H8F20N2O3. The van der Waals surface area contributed by atoms with Crippen molar-refractivity contribution in [1.82, 2.24) is 9.97 Å². The van der Waals surface area contributed by atoms with Crippen molar-refractivity contribution in [2.45, 2.75) is 36.0 Å². The SMILES string of the molecule is Fc1nc(OCCOCCOc2nc(F)c(F)c(C(F)(C(F)(F)F)C(F)(F)F)c2F)c(F)c(C(F)(C(F)(F)F)C(F)(F)F)c1F. The maximum Gasteiger partial charge on any atom is 0.436 e. The minimum absolute atomic E-state index is 1.05. The van der Waals surface area contributed by atoms with Crippen molar-refractivity contribution in [3.05, 3.63) is 46.3 Å². The number of aromatic nitrogens is 2. The zero-order valence-electron chi connectivity index (χ0n) is 20.5. The molecule has 256 valence electrons. The molecule has 0 amide bonds. The molecule has 0 unspecified atom stereocenters. The van der Waals surface area contributed by atoms with Gasteiger partial charge < -0.3 is 14.2 Å². The Hall–Kier alpha value is -3.54. The largest absolute Gasteiger partial charge is 0.473 e.